The summed E-state index contributed by atoms with van der Waals surface area (Å²) < 4.78 is 5.75. The Bertz CT molecular complexity index is 762. The van der Waals surface area contributed by atoms with Gasteiger partial charge < -0.3 is 4.42 Å². The second-order valence-electron chi connectivity index (χ2n) is 4.88. The van der Waals surface area contributed by atoms with Gasteiger partial charge in [0.15, 0.2) is 0 Å². The van der Waals surface area contributed by atoms with Crippen molar-refractivity contribution in [1.29, 1.82) is 5.26 Å². The second-order valence-corrected chi connectivity index (χ2v) is 4.88. The molecule has 3 rings (SSSR count). The molecule has 1 aliphatic rings. The normalized spacial score (nSPS) is 17.5. The number of carbonyl (C=O) groups is 1. The summed E-state index contributed by atoms with van der Waals surface area (Å²) in [5.41, 5.74) is 1.21. The molecule has 0 radical (unpaired) electrons. The Morgan fingerprint density at radius 1 is 1.33 bits per heavy atom. The smallest absolute Gasteiger partial charge is 0.230 e. The van der Waals surface area contributed by atoms with Crippen LogP contribution in [0.15, 0.2) is 40.8 Å². The maximum Gasteiger partial charge on any atom is 0.230 e. The van der Waals surface area contributed by atoms with Crippen LogP contribution in [0.4, 0.5) is 5.88 Å². The van der Waals surface area contributed by atoms with Crippen LogP contribution < -0.4 is 4.90 Å². The van der Waals surface area contributed by atoms with Crippen LogP contribution in [0, 0.1) is 29.6 Å². The van der Waals surface area contributed by atoms with Gasteiger partial charge in [0, 0.05) is 30.5 Å². The van der Waals surface area contributed by atoms with E-state index in [-0.39, 0.29) is 11.8 Å². The van der Waals surface area contributed by atoms with Crippen LogP contribution >= 0.6 is 0 Å². The molecule has 4 heteroatoms. The van der Waals surface area contributed by atoms with E-state index in [1.165, 1.54) is 4.90 Å². The first-order chi connectivity index (χ1) is 10.2. The van der Waals surface area contributed by atoms with E-state index in [1.807, 2.05) is 30.3 Å². The molecule has 2 aromatic rings. The monoisotopic (exact) mass is 276 g/mol. The van der Waals surface area contributed by atoms with E-state index in [0.29, 0.717) is 30.2 Å². The molecule has 0 spiro atoms. The predicted octanol–water partition coefficient (Wildman–Crippen LogP) is 2.80. The number of nitrogens with zero attached hydrogens (tertiary/aromatic N) is 2. The molecular weight excluding hydrogens is 264 g/mol. The van der Waals surface area contributed by atoms with Gasteiger partial charge in [-0.1, -0.05) is 30.3 Å². The summed E-state index contributed by atoms with van der Waals surface area (Å²) in [5, 5.41) is 9.26. The zero-order valence-electron chi connectivity index (χ0n) is 11.2. The largest absolute Gasteiger partial charge is 0.439 e. The molecule has 21 heavy (non-hydrogen) atoms. The summed E-state index contributed by atoms with van der Waals surface area (Å²) >= 11 is 0. The standard InChI is InChI=1S/C17H12N2O2/c1-2-12-8-16(20)19(11-12)17-14(10-18)9-15(21-17)13-6-4-3-5-7-13/h1,3-7,9,12H,8,11H2. The summed E-state index contributed by atoms with van der Waals surface area (Å²) in [6, 6.07) is 13.2. The average Bonchev–Trinajstić information content (AvgIpc) is 3.11. The second kappa shape index (κ2) is 5.19. The number of hydrogen-bond acceptors (Lipinski definition) is 3. The molecule has 1 saturated heterocycles. The van der Waals surface area contributed by atoms with E-state index in [0.717, 1.165) is 5.56 Å². The van der Waals surface area contributed by atoms with E-state index in [1.54, 1.807) is 6.07 Å². The van der Waals surface area contributed by atoms with Crippen LogP contribution in [-0.4, -0.2) is 12.5 Å². The van der Waals surface area contributed by atoms with Gasteiger partial charge in [0.25, 0.3) is 0 Å². The molecule has 0 bridgehead atoms. The Balaban J connectivity index is 2.01. The Morgan fingerprint density at radius 2 is 2.10 bits per heavy atom. The highest BCUT2D eigenvalue weighted by atomic mass is 16.4. The lowest BCUT2D eigenvalue weighted by Crippen LogP contribution is -2.24. The van der Waals surface area contributed by atoms with Gasteiger partial charge in [0.2, 0.25) is 11.8 Å². The van der Waals surface area contributed by atoms with Crippen molar-refractivity contribution in [3.63, 3.8) is 0 Å². The summed E-state index contributed by atoms with van der Waals surface area (Å²) in [6.07, 6.45) is 5.67. The van der Waals surface area contributed by atoms with Gasteiger partial charge in [-0.3, -0.25) is 9.69 Å². The number of furan rings is 1. The fourth-order valence-electron chi connectivity index (χ4n) is 2.42. The van der Waals surface area contributed by atoms with Crippen molar-refractivity contribution in [3.05, 3.63) is 42.0 Å². The summed E-state index contributed by atoms with van der Waals surface area (Å²) in [5.74, 6) is 3.20. The molecule has 0 aliphatic carbocycles. The molecule has 1 atom stereocenters. The lowest BCUT2D eigenvalue weighted by Gasteiger charge is -2.12. The average molecular weight is 276 g/mol. The number of terminal acetylenes is 1. The van der Waals surface area contributed by atoms with Crippen LogP contribution in [0.2, 0.25) is 0 Å². The molecule has 0 N–H and O–H groups in total. The minimum Gasteiger partial charge on any atom is -0.439 e. The number of anilines is 1. The highest BCUT2D eigenvalue weighted by Gasteiger charge is 2.33. The maximum absolute atomic E-state index is 12.0. The third-order valence-electron chi connectivity index (χ3n) is 3.50. The lowest BCUT2D eigenvalue weighted by atomic mass is 10.1. The van der Waals surface area contributed by atoms with Crippen molar-refractivity contribution < 1.29 is 9.21 Å². The van der Waals surface area contributed by atoms with E-state index >= 15 is 0 Å². The molecule has 2 heterocycles. The van der Waals surface area contributed by atoms with Crippen molar-refractivity contribution in [3.8, 4) is 29.7 Å². The van der Waals surface area contributed by atoms with Gasteiger partial charge in [-0.05, 0) is 0 Å². The lowest BCUT2D eigenvalue weighted by molar-refractivity contribution is -0.117. The van der Waals surface area contributed by atoms with Crippen molar-refractivity contribution in [2.45, 2.75) is 6.42 Å². The quantitative estimate of drug-likeness (QED) is 0.792. The first-order valence-corrected chi connectivity index (χ1v) is 6.58. The first kappa shape index (κ1) is 13.0. The Kier molecular flexibility index (Phi) is 3.22. The number of rotatable bonds is 2. The highest BCUT2D eigenvalue weighted by molar-refractivity contribution is 5.96. The van der Waals surface area contributed by atoms with Gasteiger partial charge in [-0.15, -0.1) is 12.3 Å². The molecule has 1 fully saturated rings. The van der Waals surface area contributed by atoms with Crippen molar-refractivity contribution >= 4 is 11.8 Å². The fraction of sp³-hybridized carbons (Fsp3) is 0.176. The van der Waals surface area contributed by atoms with E-state index < -0.39 is 0 Å². The van der Waals surface area contributed by atoms with Crippen LogP contribution in [0.25, 0.3) is 11.3 Å². The van der Waals surface area contributed by atoms with Crippen molar-refractivity contribution in [1.82, 2.24) is 0 Å². The third-order valence-corrected chi connectivity index (χ3v) is 3.50. The SMILES string of the molecule is C#CC1CC(=O)N(c2oc(-c3ccccc3)cc2C#N)C1. The molecule has 1 amide bonds. The molecule has 1 aromatic carbocycles. The van der Waals surface area contributed by atoms with E-state index in [4.69, 9.17) is 10.8 Å². The van der Waals surface area contributed by atoms with Crippen LogP contribution in [-0.2, 0) is 4.79 Å². The van der Waals surface area contributed by atoms with Gasteiger partial charge in [-0.2, -0.15) is 5.26 Å². The van der Waals surface area contributed by atoms with Gasteiger partial charge in [-0.25, -0.2) is 0 Å². The van der Waals surface area contributed by atoms with Crippen LogP contribution in [0.5, 0.6) is 0 Å². The van der Waals surface area contributed by atoms with E-state index in [2.05, 4.69) is 12.0 Å². The number of amides is 1. The third kappa shape index (κ3) is 2.28. The Hall–Kier alpha value is -2.98. The van der Waals surface area contributed by atoms with Crippen LogP contribution in [0.1, 0.15) is 12.0 Å². The maximum atomic E-state index is 12.0. The highest BCUT2D eigenvalue weighted by Crippen LogP contribution is 2.34. The molecular formula is C17H12N2O2. The number of hydrogen-bond donors (Lipinski definition) is 0. The zero-order chi connectivity index (χ0) is 14.8. The number of nitriles is 1. The zero-order valence-corrected chi connectivity index (χ0v) is 11.2. The molecule has 1 aliphatic heterocycles. The molecule has 0 saturated carbocycles. The Labute approximate surface area is 122 Å². The minimum absolute atomic E-state index is 0.108. The minimum atomic E-state index is -0.130. The topological polar surface area (TPSA) is 57.2 Å². The predicted molar refractivity (Wildman–Crippen MR) is 78.2 cm³/mol. The van der Waals surface area contributed by atoms with Gasteiger partial charge in [0.05, 0.1) is 0 Å². The summed E-state index contributed by atoms with van der Waals surface area (Å²) in [6.45, 7) is 0.395. The number of carbonyl (C=O) groups excluding carboxylic acids is 1. The van der Waals surface area contributed by atoms with Gasteiger partial charge >= 0.3 is 0 Å². The van der Waals surface area contributed by atoms with Gasteiger partial charge in [0.1, 0.15) is 17.4 Å². The van der Waals surface area contributed by atoms with Crippen LogP contribution in [0.3, 0.4) is 0 Å². The fourth-order valence-corrected chi connectivity index (χ4v) is 2.42. The Morgan fingerprint density at radius 3 is 2.71 bits per heavy atom. The van der Waals surface area contributed by atoms with Crippen molar-refractivity contribution in [2.24, 2.45) is 5.92 Å². The molecule has 1 unspecified atom stereocenters. The summed E-state index contributed by atoms with van der Waals surface area (Å²) in [7, 11) is 0. The molecule has 1 aromatic heterocycles. The first-order valence-electron chi connectivity index (χ1n) is 6.58. The number of benzene rings is 1. The van der Waals surface area contributed by atoms with E-state index in [9.17, 15) is 10.1 Å². The molecule has 102 valence electrons. The van der Waals surface area contributed by atoms with Crippen molar-refractivity contribution in [2.75, 3.05) is 11.4 Å². The summed E-state index contributed by atoms with van der Waals surface area (Å²) in [4.78, 5) is 13.5. The molecule has 4 nitrogen and oxygen atoms in total.